The number of hydrogen-bond donors (Lipinski definition) is 1. The molecule has 2 aromatic rings. The van der Waals surface area contributed by atoms with Gasteiger partial charge in [-0.3, -0.25) is 4.79 Å². The van der Waals surface area contributed by atoms with Crippen LogP contribution in [0.2, 0.25) is 0 Å². The lowest BCUT2D eigenvalue weighted by Gasteiger charge is -2.23. The van der Waals surface area contributed by atoms with Crippen LogP contribution in [0.4, 0.5) is 5.69 Å². The predicted molar refractivity (Wildman–Crippen MR) is 120 cm³/mol. The highest BCUT2D eigenvalue weighted by Gasteiger charge is 2.17. The standard InChI is InChI=1S/C25H35NO3/c1-5-7-18-28-23-16-12-21(13-17-23)26-24(27)9-8-19-29-22-14-10-20(11-15-22)25(3,4)6-2/h10-17H,5-9,18-19H2,1-4H3,(H,26,27). The van der Waals surface area contributed by atoms with Gasteiger partial charge in [0.25, 0.3) is 0 Å². The summed E-state index contributed by atoms with van der Waals surface area (Å²) < 4.78 is 11.4. The van der Waals surface area contributed by atoms with Gasteiger partial charge in [0.05, 0.1) is 13.2 Å². The molecule has 0 aliphatic carbocycles. The number of ether oxygens (including phenoxy) is 2. The highest BCUT2D eigenvalue weighted by Crippen LogP contribution is 2.28. The van der Waals surface area contributed by atoms with Crippen molar-refractivity contribution >= 4 is 11.6 Å². The van der Waals surface area contributed by atoms with Crippen LogP contribution in [0.15, 0.2) is 48.5 Å². The average molecular weight is 398 g/mol. The Hall–Kier alpha value is -2.49. The molecule has 2 aromatic carbocycles. The van der Waals surface area contributed by atoms with Crippen molar-refractivity contribution in [2.75, 3.05) is 18.5 Å². The fraction of sp³-hybridized carbons (Fsp3) is 0.480. The van der Waals surface area contributed by atoms with Crippen molar-refractivity contribution in [1.29, 1.82) is 0 Å². The number of anilines is 1. The van der Waals surface area contributed by atoms with Crippen LogP contribution >= 0.6 is 0 Å². The second kappa shape index (κ2) is 11.5. The van der Waals surface area contributed by atoms with Gasteiger partial charge in [-0.25, -0.2) is 0 Å². The summed E-state index contributed by atoms with van der Waals surface area (Å²) in [5.41, 5.74) is 2.28. The minimum atomic E-state index is -0.00621. The molecular weight excluding hydrogens is 362 g/mol. The molecule has 0 saturated heterocycles. The van der Waals surface area contributed by atoms with Crippen LogP contribution in [0.25, 0.3) is 0 Å². The Morgan fingerprint density at radius 2 is 1.41 bits per heavy atom. The van der Waals surface area contributed by atoms with E-state index in [2.05, 4.69) is 45.1 Å². The SMILES string of the molecule is CCCCOc1ccc(NC(=O)CCCOc2ccc(C(C)(C)CC)cc2)cc1. The highest BCUT2D eigenvalue weighted by atomic mass is 16.5. The first-order valence-electron chi connectivity index (χ1n) is 10.7. The molecule has 0 atom stereocenters. The first-order chi connectivity index (χ1) is 13.9. The van der Waals surface area contributed by atoms with E-state index in [0.29, 0.717) is 19.4 Å². The second-order valence-corrected chi connectivity index (χ2v) is 7.99. The first kappa shape index (κ1) is 22.8. The van der Waals surface area contributed by atoms with Gasteiger partial charge >= 0.3 is 0 Å². The van der Waals surface area contributed by atoms with Crippen LogP contribution in [-0.4, -0.2) is 19.1 Å². The number of hydrogen-bond acceptors (Lipinski definition) is 3. The lowest BCUT2D eigenvalue weighted by atomic mass is 9.82. The van der Waals surface area contributed by atoms with Crippen LogP contribution in [0.5, 0.6) is 11.5 Å². The molecule has 4 nitrogen and oxygen atoms in total. The number of unbranched alkanes of at least 4 members (excludes halogenated alkanes) is 1. The summed E-state index contributed by atoms with van der Waals surface area (Å²) in [7, 11) is 0. The molecule has 29 heavy (non-hydrogen) atoms. The van der Waals surface area contributed by atoms with Crippen molar-refractivity contribution in [3.8, 4) is 11.5 Å². The third-order valence-corrected chi connectivity index (χ3v) is 5.24. The Balaban J connectivity index is 1.68. The van der Waals surface area contributed by atoms with E-state index in [1.54, 1.807) is 0 Å². The fourth-order valence-electron chi connectivity index (χ4n) is 2.82. The van der Waals surface area contributed by atoms with Crippen molar-refractivity contribution in [3.63, 3.8) is 0 Å². The van der Waals surface area contributed by atoms with Gasteiger partial charge in [-0.15, -0.1) is 0 Å². The maximum atomic E-state index is 12.1. The van der Waals surface area contributed by atoms with Crippen molar-refractivity contribution < 1.29 is 14.3 Å². The lowest BCUT2D eigenvalue weighted by molar-refractivity contribution is -0.116. The monoisotopic (exact) mass is 397 g/mol. The van der Waals surface area contributed by atoms with E-state index in [1.165, 1.54) is 5.56 Å². The third kappa shape index (κ3) is 7.80. The molecule has 0 aliphatic rings. The summed E-state index contributed by atoms with van der Waals surface area (Å²) in [5, 5.41) is 2.92. The van der Waals surface area contributed by atoms with Crippen molar-refractivity contribution in [1.82, 2.24) is 0 Å². The summed E-state index contributed by atoms with van der Waals surface area (Å²) >= 11 is 0. The molecule has 1 amide bonds. The van der Waals surface area contributed by atoms with Gasteiger partial charge in [0, 0.05) is 12.1 Å². The minimum Gasteiger partial charge on any atom is -0.494 e. The Labute approximate surface area is 175 Å². The number of nitrogens with one attached hydrogen (secondary N) is 1. The molecule has 0 bridgehead atoms. The number of amides is 1. The molecule has 158 valence electrons. The van der Waals surface area contributed by atoms with E-state index in [0.717, 1.165) is 43.1 Å². The van der Waals surface area contributed by atoms with Gasteiger partial charge in [0.2, 0.25) is 5.91 Å². The van der Waals surface area contributed by atoms with Crippen molar-refractivity contribution in [2.45, 2.75) is 65.2 Å². The molecule has 0 fully saturated rings. The Morgan fingerprint density at radius 3 is 1.97 bits per heavy atom. The molecule has 0 radical (unpaired) electrons. The van der Waals surface area contributed by atoms with Crippen LogP contribution in [0.1, 0.15) is 65.4 Å². The minimum absolute atomic E-state index is 0.00621. The normalized spacial score (nSPS) is 11.2. The number of rotatable bonds is 12. The molecule has 2 rings (SSSR count). The zero-order valence-electron chi connectivity index (χ0n) is 18.3. The van der Waals surface area contributed by atoms with Gasteiger partial charge in [0.1, 0.15) is 11.5 Å². The van der Waals surface area contributed by atoms with Crippen LogP contribution < -0.4 is 14.8 Å². The molecule has 0 spiro atoms. The van der Waals surface area contributed by atoms with Crippen LogP contribution in [-0.2, 0) is 10.2 Å². The predicted octanol–water partition coefficient (Wildman–Crippen LogP) is 6.35. The smallest absolute Gasteiger partial charge is 0.224 e. The van der Waals surface area contributed by atoms with Crippen LogP contribution in [0, 0.1) is 0 Å². The van der Waals surface area contributed by atoms with Crippen LogP contribution in [0.3, 0.4) is 0 Å². The third-order valence-electron chi connectivity index (χ3n) is 5.24. The van der Waals surface area contributed by atoms with Gasteiger partial charge in [-0.2, -0.15) is 0 Å². The summed E-state index contributed by atoms with van der Waals surface area (Å²) in [6, 6.07) is 15.8. The van der Waals surface area contributed by atoms with E-state index < -0.39 is 0 Å². The quantitative estimate of drug-likeness (QED) is 0.424. The summed E-state index contributed by atoms with van der Waals surface area (Å²) in [6.45, 7) is 10.1. The summed E-state index contributed by atoms with van der Waals surface area (Å²) in [5.74, 6) is 1.67. The molecule has 0 aliphatic heterocycles. The molecule has 1 N–H and O–H groups in total. The largest absolute Gasteiger partial charge is 0.494 e. The molecule has 0 unspecified atom stereocenters. The second-order valence-electron chi connectivity index (χ2n) is 7.99. The molecule has 0 aromatic heterocycles. The number of carbonyl (C=O) groups excluding carboxylic acids is 1. The van der Waals surface area contributed by atoms with E-state index in [4.69, 9.17) is 9.47 Å². The fourth-order valence-corrected chi connectivity index (χ4v) is 2.82. The van der Waals surface area contributed by atoms with Gasteiger partial charge in [0.15, 0.2) is 0 Å². The van der Waals surface area contributed by atoms with Gasteiger partial charge in [-0.05, 0) is 66.6 Å². The van der Waals surface area contributed by atoms with Gasteiger partial charge < -0.3 is 14.8 Å². The Morgan fingerprint density at radius 1 is 0.862 bits per heavy atom. The van der Waals surface area contributed by atoms with E-state index in [9.17, 15) is 4.79 Å². The van der Waals surface area contributed by atoms with E-state index in [-0.39, 0.29) is 11.3 Å². The maximum absolute atomic E-state index is 12.1. The van der Waals surface area contributed by atoms with E-state index in [1.807, 2.05) is 36.4 Å². The number of benzene rings is 2. The van der Waals surface area contributed by atoms with Crippen molar-refractivity contribution in [3.05, 3.63) is 54.1 Å². The summed E-state index contributed by atoms with van der Waals surface area (Å²) in [4.78, 5) is 12.1. The van der Waals surface area contributed by atoms with E-state index >= 15 is 0 Å². The Bertz CT molecular complexity index is 736. The molecule has 0 saturated carbocycles. The Kier molecular flexibility index (Phi) is 9.04. The zero-order valence-corrected chi connectivity index (χ0v) is 18.3. The topological polar surface area (TPSA) is 47.6 Å². The molecule has 0 heterocycles. The summed E-state index contributed by atoms with van der Waals surface area (Å²) in [6.07, 6.45) is 4.35. The molecular formula is C25H35NO3. The first-order valence-corrected chi connectivity index (χ1v) is 10.7. The molecule has 4 heteroatoms. The van der Waals surface area contributed by atoms with Gasteiger partial charge in [-0.1, -0.05) is 46.2 Å². The zero-order chi connectivity index (χ0) is 21.1. The van der Waals surface area contributed by atoms with Crippen molar-refractivity contribution in [2.24, 2.45) is 0 Å². The average Bonchev–Trinajstić information content (AvgIpc) is 2.73. The maximum Gasteiger partial charge on any atom is 0.224 e. The number of carbonyl (C=O) groups is 1. The lowest BCUT2D eigenvalue weighted by Crippen LogP contribution is -2.15. The highest BCUT2D eigenvalue weighted by molar-refractivity contribution is 5.90.